The van der Waals surface area contributed by atoms with Gasteiger partial charge in [-0.1, -0.05) is 79.9 Å². The molecule has 2 aliphatic rings. The van der Waals surface area contributed by atoms with Gasteiger partial charge in [0.15, 0.2) is 10.9 Å². The summed E-state index contributed by atoms with van der Waals surface area (Å²) in [4.78, 5) is 18.2. The number of nitrogens with zero attached hydrogens (tertiary/aromatic N) is 3. The lowest BCUT2D eigenvalue weighted by atomic mass is 10.1. The molecule has 0 saturated heterocycles. The number of thioether (sulfide) groups is 1. The van der Waals surface area contributed by atoms with Gasteiger partial charge in [0.2, 0.25) is 6.17 Å². The lowest BCUT2D eigenvalue weighted by molar-refractivity contribution is -0.116. The summed E-state index contributed by atoms with van der Waals surface area (Å²) < 4.78 is 6.29. The molecule has 0 unspecified atom stereocenters. The standard InChI is InChI=1S/C27H27ClN4O2S/c1-3-4-5-8-16-35-27-30-26(33)24-19-10-6-7-13-21(19)29-25(32(24)31-27)23-15-14-22(34-23)18-11-9-12-20(28)17(18)2/h6-7,9-15,25H,3-5,8,16H2,1-2H3,(H,30,31,33)/t25-/m1/s1. The number of amidine groups is 1. The number of para-hydroxylation sites is 1. The van der Waals surface area contributed by atoms with Gasteiger partial charge in [0.1, 0.15) is 11.5 Å². The molecule has 0 radical (unpaired) electrons. The van der Waals surface area contributed by atoms with Crippen LogP contribution in [-0.2, 0) is 4.79 Å². The topological polar surface area (TPSA) is 70.2 Å². The molecular formula is C27H27ClN4O2S. The fourth-order valence-electron chi connectivity index (χ4n) is 4.29. The van der Waals surface area contributed by atoms with Gasteiger partial charge in [-0.3, -0.25) is 10.1 Å². The second-order valence-electron chi connectivity index (χ2n) is 8.60. The first-order valence-electron chi connectivity index (χ1n) is 11.9. The summed E-state index contributed by atoms with van der Waals surface area (Å²) in [6.07, 6.45) is 4.08. The van der Waals surface area contributed by atoms with Gasteiger partial charge in [-0.05, 0) is 43.2 Å². The van der Waals surface area contributed by atoms with Crippen LogP contribution in [0.15, 0.2) is 69.1 Å². The van der Waals surface area contributed by atoms with Crippen molar-refractivity contribution >= 4 is 40.1 Å². The van der Waals surface area contributed by atoms with Crippen molar-refractivity contribution in [2.75, 3.05) is 5.75 Å². The molecule has 1 N–H and O–H groups in total. The predicted molar refractivity (Wildman–Crippen MR) is 141 cm³/mol. The summed E-state index contributed by atoms with van der Waals surface area (Å²) >= 11 is 7.90. The number of amides is 1. The van der Waals surface area contributed by atoms with Crippen molar-refractivity contribution in [3.05, 3.63) is 81.5 Å². The Balaban J connectivity index is 1.52. The molecule has 6 nitrogen and oxygen atoms in total. The molecule has 0 spiro atoms. The molecule has 5 rings (SSSR count). The van der Waals surface area contributed by atoms with Crippen molar-refractivity contribution in [3.63, 3.8) is 0 Å². The molecule has 35 heavy (non-hydrogen) atoms. The van der Waals surface area contributed by atoms with E-state index in [1.165, 1.54) is 19.3 Å². The average molecular weight is 507 g/mol. The van der Waals surface area contributed by atoms with Crippen LogP contribution < -0.4 is 15.9 Å². The number of nitrogens with one attached hydrogen (secondary N) is 1. The Morgan fingerprint density at radius 3 is 2.80 bits per heavy atom. The average Bonchev–Trinajstić information content (AvgIpc) is 3.34. The highest BCUT2D eigenvalue weighted by molar-refractivity contribution is 8.13. The van der Waals surface area contributed by atoms with Gasteiger partial charge in [-0.15, -0.1) is 5.10 Å². The maximum absolute atomic E-state index is 13.3. The molecule has 3 heterocycles. The van der Waals surface area contributed by atoms with Gasteiger partial charge in [-0.25, -0.2) is 10.0 Å². The van der Waals surface area contributed by atoms with Crippen molar-refractivity contribution in [2.45, 2.75) is 45.7 Å². The molecule has 0 fully saturated rings. The highest BCUT2D eigenvalue weighted by Gasteiger charge is 2.36. The zero-order valence-electron chi connectivity index (χ0n) is 19.8. The minimum atomic E-state index is -0.588. The van der Waals surface area contributed by atoms with Crippen LogP contribution in [0, 0.1) is 6.92 Å². The van der Waals surface area contributed by atoms with E-state index in [2.05, 4.69) is 12.2 Å². The number of benzene rings is 2. The van der Waals surface area contributed by atoms with E-state index in [0.29, 0.717) is 27.4 Å². The summed E-state index contributed by atoms with van der Waals surface area (Å²) in [7, 11) is 0. The van der Waals surface area contributed by atoms with Crippen LogP contribution in [-0.4, -0.2) is 21.8 Å². The molecule has 2 aliphatic heterocycles. The number of halogens is 1. The second kappa shape index (κ2) is 10.3. The van der Waals surface area contributed by atoms with Gasteiger partial charge in [0, 0.05) is 21.6 Å². The number of fused-ring (bicyclic) bond motifs is 2. The number of unbranched alkanes of at least 4 members (excludes halogenated alkanes) is 3. The lowest BCUT2D eigenvalue weighted by Gasteiger charge is -2.32. The van der Waals surface area contributed by atoms with Gasteiger partial charge in [-0.2, -0.15) is 0 Å². The maximum atomic E-state index is 13.3. The fourth-order valence-corrected chi connectivity index (χ4v) is 5.31. The Labute approximate surface area is 213 Å². The van der Waals surface area contributed by atoms with Crippen LogP contribution >= 0.6 is 23.4 Å². The quantitative estimate of drug-likeness (QED) is 0.438. The van der Waals surface area contributed by atoms with Crippen LogP contribution in [0.2, 0.25) is 5.02 Å². The Bertz CT molecular complexity index is 1410. The van der Waals surface area contributed by atoms with Gasteiger partial charge < -0.3 is 4.42 Å². The number of hydrogen-bond acceptors (Lipinski definition) is 6. The molecule has 180 valence electrons. The van der Waals surface area contributed by atoms with Crippen molar-refractivity contribution < 1.29 is 9.21 Å². The van der Waals surface area contributed by atoms with Crippen molar-refractivity contribution in [1.29, 1.82) is 0 Å². The first-order chi connectivity index (χ1) is 17.1. The first kappa shape index (κ1) is 23.7. The number of hydrogen-bond donors (Lipinski definition) is 1. The van der Waals surface area contributed by atoms with E-state index in [1.54, 1.807) is 16.8 Å². The van der Waals surface area contributed by atoms with E-state index in [-0.39, 0.29) is 5.91 Å². The Morgan fingerprint density at radius 2 is 1.94 bits per heavy atom. The summed E-state index contributed by atoms with van der Waals surface area (Å²) in [5, 5.41) is 12.3. The van der Waals surface area contributed by atoms with Crippen molar-refractivity contribution in [2.24, 2.45) is 10.1 Å². The van der Waals surface area contributed by atoms with E-state index in [9.17, 15) is 4.79 Å². The van der Waals surface area contributed by atoms with Crippen LogP contribution in [0.5, 0.6) is 0 Å². The summed E-state index contributed by atoms with van der Waals surface area (Å²) in [5.41, 5.74) is 2.35. The molecule has 1 aromatic heterocycles. The zero-order chi connectivity index (χ0) is 24.4. The van der Waals surface area contributed by atoms with E-state index in [1.807, 2.05) is 61.5 Å². The number of hydrazone groups is 1. The Morgan fingerprint density at radius 1 is 1.09 bits per heavy atom. The smallest absolute Gasteiger partial charge is 0.276 e. The monoisotopic (exact) mass is 506 g/mol. The molecule has 0 bridgehead atoms. The van der Waals surface area contributed by atoms with Crippen molar-refractivity contribution in [3.8, 4) is 11.3 Å². The SMILES string of the molecule is CCCCCCSC1=NN2C(=c3ccccc3=N[C@H]2c2ccc(-c3cccc(Cl)c3C)o2)C(=O)N1. The molecule has 1 atom stereocenters. The van der Waals surface area contributed by atoms with Crippen molar-refractivity contribution in [1.82, 2.24) is 10.3 Å². The molecule has 0 saturated carbocycles. The molecule has 3 aromatic rings. The lowest BCUT2D eigenvalue weighted by Crippen LogP contribution is -2.50. The molecule has 8 heteroatoms. The van der Waals surface area contributed by atoms with Crippen LogP contribution in [0.1, 0.15) is 50.1 Å². The molecule has 0 aliphatic carbocycles. The number of furan rings is 1. The number of rotatable bonds is 7. The minimum Gasteiger partial charge on any atom is -0.457 e. The fraction of sp³-hybridized carbons (Fsp3) is 0.296. The highest BCUT2D eigenvalue weighted by Crippen LogP contribution is 2.35. The van der Waals surface area contributed by atoms with E-state index < -0.39 is 6.17 Å². The summed E-state index contributed by atoms with van der Waals surface area (Å²) in [6, 6.07) is 17.2. The minimum absolute atomic E-state index is 0.180. The third-order valence-corrected chi connectivity index (χ3v) is 7.53. The predicted octanol–water partition coefficient (Wildman–Crippen LogP) is 5.36. The largest absolute Gasteiger partial charge is 0.457 e. The molecule has 2 aromatic carbocycles. The third-order valence-electron chi connectivity index (χ3n) is 6.17. The zero-order valence-corrected chi connectivity index (χ0v) is 21.3. The van der Waals surface area contributed by atoms with E-state index in [4.69, 9.17) is 26.1 Å². The second-order valence-corrected chi connectivity index (χ2v) is 10.1. The van der Waals surface area contributed by atoms with Crippen LogP contribution in [0.3, 0.4) is 0 Å². The maximum Gasteiger partial charge on any atom is 0.276 e. The Kier molecular flexibility index (Phi) is 6.97. The Hall–Kier alpha value is -3.03. The van der Waals surface area contributed by atoms with E-state index >= 15 is 0 Å². The van der Waals surface area contributed by atoms with Crippen LogP contribution in [0.25, 0.3) is 17.0 Å². The third kappa shape index (κ3) is 4.75. The number of carbonyl (C=O) groups is 1. The molecular weight excluding hydrogens is 480 g/mol. The summed E-state index contributed by atoms with van der Waals surface area (Å²) in [5.74, 6) is 2.03. The number of carbonyl (C=O) groups excluding carboxylic acids is 1. The first-order valence-corrected chi connectivity index (χ1v) is 13.3. The molecule has 1 amide bonds. The summed E-state index contributed by atoms with van der Waals surface area (Å²) in [6.45, 7) is 4.16. The van der Waals surface area contributed by atoms with Gasteiger partial charge in [0.25, 0.3) is 5.91 Å². The normalized spacial score (nSPS) is 16.8. The van der Waals surface area contributed by atoms with Crippen LogP contribution in [0.4, 0.5) is 0 Å². The van der Waals surface area contributed by atoms with Gasteiger partial charge in [0.05, 0.1) is 5.36 Å². The highest BCUT2D eigenvalue weighted by atomic mass is 35.5. The van der Waals surface area contributed by atoms with E-state index in [0.717, 1.165) is 33.9 Å². The van der Waals surface area contributed by atoms with Gasteiger partial charge >= 0.3 is 0 Å².